The summed E-state index contributed by atoms with van der Waals surface area (Å²) in [6.45, 7) is 0. The Labute approximate surface area is 165 Å². The number of nitrogens with zero attached hydrogens (tertiary/aromatic N) is 5. The zero-order chi connectivity index (χ0) is 17.2. The van der Waals surface area contributed by atoms with Crippen LogP contribution in [-0.2, 0) is 0 Å². The van der Waals surface area contributed by atoms with Crippen molar-refractivity contribution in [1.29, 1.82) is 0 Å². The van der Waals surface area contributed by atoms with Crippen molar-refractivity contribution in [2.24, 2.45) is 0 Å². The lowest BCUT2D eigenvalue weighted by molar-refractivity contribution is 0.756. The third-order valence-electron chi connectivity index (χ3n) is 3.31. The highest BCUT2D eigenvalue weighted by molar-refractivity contribution is 9.10. The molecule has 4 rings (SSSR count). The van der Waals surface area contributed by atoms with E-state index in [9.17, 15) is 0 Å². The Hall–Kier alpha value is -1.74. The lowest BCUT2D eigenvalue weighted by Crippen LogP contribution is -1.98. The molecule has 0 bridgehead atoms. The number of benzene rings is 2. The maximum Gasteiger partial charge on any atom is 0.221 e. The molecule has 9 heteroatoms. The van der Waals surface area contributed by atoms with E-state index in [0.717, 1.165) is 25.8 Å². The van der Waals surface area contributed by atoms with Gasteiger partial charge in [0.1, 0.15) is 0 Å². The highest BCUT2D eigenvalue weighted by atomic mass is 79.9. The molecule has 0 unspecified atom stereocenters. The van der Waals surface area contributed by atoms with E-state index >= 15 is 0 Å². The first-order chi connectivity index (χ1) is 12.2. The Kier molecular flexibility index (Phi) is 4.85. The lowest BCUT2D eigenvalue weighted by Gasteiger charge is -2.02. The Morgan fingerprint density at radius 2 is 1.80 bits per heavy atom. The number of rotatable bonds is 4. The Morgan fingerprint density at radius 1 is 1.04 bits per heavy atom. The number of aromatic nitrogens is 5. The second-order valence-corrected chi connectivity index (χ2v) is 8.38. The van der Waals surface area contributed by atoms with Crippen LogP contribution in [0.2, 0.25) is 5.02 Å². The summed E-state index contributed by atoms with van der Waals surface area (Å²) in [6.07, 6.45) is 0. The number of hydrogen-bond donors (Lipinski definition) is 0. The summed E-state index contributed by atoms with van der Waals surface area (Å²) >= 11 is 12.4. The maximum atomic E-state index is 5.93. The minimum absolute atomic E-state index is 0.666. The van der Waals surface area contributed by atoms with Gasteiger partial charge < -0.3 is 0 Å². The van der Waals surface area contributed by atoms with Gasteiger partial charge in [0.05, 0.1) is 11.4 Å². The normalized spacial score (nSPS) is 11.0. The quantitative estimate of drug-likeness (QED) is 0.419. The van der Waals surface area contributed by atoms with Gasteiger partial charge in [-0.25, -0.2) is 4.98 Å². The molecular formula is C16H9BrClN5S2. The molecule has 2 aromatic heterocycles. The Balaban J connectivity index is 1.59. The van der Waals surface area contributed by atoms with E-state index in [0.29, 0.717) is 10.2 Å². The lowest BCUT2D eigenvalue weighted by atomic mass is 10.2. The molecule has 0 saturated heterocycles. The monoisotopic (exact) mass is 449 g/mol. The number of halogens is 2. The summed E-state index contributed by atoms with van der Waals surface area (Å²) < 4.78 is 3.57. The average molecular weight is 451 g/mol. The molecule has 25 heavy (non-hydrogen) atoms. The summed E-state index contributed by atoms with van der Waals surface area (Å²) in [5.41, 5.74) is 2.83. The highest BCUT2D eigenvalue weighted by Crippen LogP contribution is 2.33. The van der Waals surface area contributed by atoms with Crippen LogP contribution in [0.15, 0.2) is 67.9 Å². The molecule has 2 aromatic carbocycles. The third kappa shape index (κ3) is 3.77. The SMILES string of the molecule is Clc1ccc(-c2csc(Sc3nnnn3-c3ccc(Br)cc3)n2)cc1. The fraction of sp³-hybridized carbons (Fsp3) is 0. The van der Waals surface area contributed by atoms with Crippen LogP contribution in [0.3, 0.4) is 0 Å². The van der Waals surface area contributed by atoms with E-state index in [4.69, 9.17) is 11.6 Å². The number of tetrazole rings is 1. The molecular weight excluding hydrogens is 442 g/mol. The van der Waals surface area contributed by atoms with Gasteiger partial charge in [0.2, 0.25) is 5.16 Å². The molecule has 0 amide bonds. The van der Waals surface area contributed by atoms with E-state index in [-0.39, 0.29) is 0 Å². The minimum atomic E-state index is 0.666. The van der Waals surface area contributed by atoms with Crippen molar-refractivity contribution < 1.29 is 0 Å². The van der Waals surface area contributed by atoms with Crippen LogP contribution in [0, 0.1) is 0 Å². The van der Waals surface area contributed by atoms with Crippen LogP contribution in [0.1, 0.15) is 0 Å². The van der Waals surface area contributed by atoms with Crippen molar-refractivity contribution in [1.82, 2.24) is 25.2 Å². The van der Waals surface area contributed by atoms with E-state index in [1.807, 2.05) is 53.9 Å². The van der Waals surface area contributed by atoms with Crippen LogP contribution >= 0.6 is 50.6 Å². The topological polar surface area (TPSA) is 56.5 Å². The average Bonchev–Trinajstić information content (AvgIpc) is 3.27. The van der Waals surface area contributed by atoms with Crippen molar-refractivity contribution in [2.75, 3.05) is 0 Å². The van der Waals surface area contributed by atoms with Crippen LogP contribution in [0.25, 0.3) is 16.9 Å². The molecule has 4 aromatic rings. The largest absolute Gasteiger partial charge is 0.229 e. The van der Waals surface area contributed by atoms with Crippen LogP contribution in [0.4, 0.5) is 0 Å². The first kappa shape index (κ1) is 16.7. The molecule has 0 spiro atoms. The van der Waals surface area contributed by atoms with Gasteiger partial charge in [0.15, 0.2) is 4.34 Å². The summed E-state index contributed by atoms with van der Waals surface area (Å²) in [4.78, 5) is 4.66. The fourth-order valence-electron chi connectivity index (χ4n) is 2.12. The second kappa shape index (κ2) is 7.25. The van der Waals surface area contributed by atoms with Gasteiger partial charge in [-0.15, -0.1) is 16.4 Å². The van der Waals surface area contributed by atoms with Gasteiger partial charge in [-0.3, -0.25) is 0 Å². The Bertz CT molecular complexity index is 998. The van der Waals surface area contributed by atoms with Gasteiger partial charge in [0.25, 0.3) is 0 Å². The third-order valence-corrected chi connectivity index (χ3v) is 5.97. The van der Waals surface area contributed by atoms with Gasteiger partial charge in [-0.2, -0.15) is 4.68 Å². The van der Waals surface area contributed by atoms with Crippen LogP contribution in [0.5, 0.6) is 0 Å². The molecule has 124 valence electrons. The molecule has 0 fully saturated rings. The van der Waals surface area contributed by atoms with Crippen molar-refractivity contribution in [3.8, 4) is 16.9 Å². The standard InChI is InChI=1S/C16H9BrClN5S2/c17-11-3-7-13(8-4-11)23-15(20-21-22-23)25-16-19-14(9-24-16)10-1-5-12(18)6-2-10/h1-9H. The maximum absolute atomic E-state index is 5.93. The first-order valence-corrected chi connectivity index (χ1v) is 9.99. The van der Waals surface area contributed by atoms with Crippen LogP contribution in [-0.4, -0.2) is 25.2 Å². The zero-order valence-electron chi connectivity index (χ0n) is 12.5. The summed E-state index contributed by atoms with van der Waals surface area (Å²) in [5.74, 6) is 0. The molecule has 5 nitrogen and oxygen atoms in total. The summed E-state index contributed by atoms with van der Waals surface area (Å²) in [7, 11) is 0. The van der Waals surface area contributed by atoms with Crippen LogP contribution < -0.4 is 0 Å². The molecule has 2 heterocycles. The predicted octanol–water partition coefficient (Wildman–Crippen LogP) is 5.35. The van der Waals surface area contributed by atoms with E-state index in [1.54, 1.807) is 16.0 Å². The molecule has 0 aliphatic heterocycles. The Morgan fingerprint density at radius 3 is 2.56 bits per heavy atom. The summed E-state index contributed by atoms with van der Waals surface area (Å²) in [6, 6.07) is 15.4. The van der Waals surface area contributed by atoms with Crippen molar-refractivity contribution in [3.05, 3.63) is 63.4 Å². The second-order valence-electron chi connectivity index (χ2n) is 4.96. The van der Waals surface area contributed by atoms with Gasteiger partial charge in [-0.05, 0) is 58.6 Å². The first-order valence-electron chi connectivity index (χ1n) is 7.13. The smallest absolute Gasteiger partial charge is 0.221 e. The molecule has 0 N–H and O–H groups in total. The molecule has 0 radical (unpaired) electrons. The fourth-order valence-corrected chi connectivity index (χ4v) is 4.23. The van der Waals surface area contributed by atoms with Gasteiger partial charge in [0, 0.05) is 20.4 Å². The number of hydrogen-bond acceptors (Lipinski definition) is 6. The minimum Gasteiger partial charge on any atom is -0.229 e. The van der Waals surface area contributed by atoms with Crippen molar-refractivity contribution in [3.63, 3.8) is 0 Å². The molecule has 0 aliphatic carbocycles. The van der Waals surface area contributed by atoms with E-state index in [2.05, 4.69) is 36.4 Å². The van der Waals surface area contributed by atoms with Gasteiger partial charge >= 0.3 is 0 Å². The predicted molar refractivity (Wildman–Crippen MR) is 104 cm³/mol. The van der Waals surface area contributed by atoms with E-state index < -0.39 is 0 Å². The summed E-state index contributed by atoms with van der Waals surface area (Å²) in [5, 5.41) is 15.3. The van der Waals surface area contributed by atoms with Crippen molar-refractivity contribution >= 4 is 50.6 Å². The highest BCUT2D eigenvalue weighted by Gasteiger charge is 2.13. The molecule has 0 atom stereocenters. The van der Waals surface area contributed by atoms with Gasteiger partial charge in [-0.1, -0.05) is 39.7 Å². The molecule has 0 aliphatic rings. The van der Waals surface area contributed by atoms with Crippen molar-refractivity contribution in [2.45, 2.75) is 9.50 Å². The number of thiazole rings is 1. The molecule has 0 saturated carbocycles. The zero-order valence-corrected chi connectivity index (χ0v) is 16.5. The van der Waals surface area contributed by atoms with E-state index in [1.165, 1.54) is 11.8 Å².